The van der Waals surface area contributed by atoms with Gasteiger partial charge in [0.15, 0.2) is 0 Å². The summed E-state index contributed by atoms with van der Waals surface area (Å²) < 4.78 is 8.21. The lowest BCUT2D eigenvalue weighted by atomic mass is 10.2. The minimum Gasteiger partial charge on any atom is -0.342 e. The Morgan fingerprint density at radius 1 is 1.44 bits per heavy atom. The molecule has 1 aliphatic heterocycles. The van der Waals surface area contributed by atoms with Crippen molar-refractivity contribution in [2.75, 3.05) is 13.2 Å². The average Bonchev–Trinajstić information content (AvgIpc) is 2.99. The highest BCUT2D eigenvalue weighted by atomic mass is 79.9. The molecule has 18 heavy (non-hydrogen) atoms. The highest BCUT2D eigenvalue weighted by molar-refractivity contribution is 9.10. The summed E-state index contributed by atoms with van der Waals surface area (Å²) in [4.78, 5) is 0. The molecule has 0 spiro atoms. The average molecular weight is 329 g/mol. The summed E-state index contributed by atoms with van der Waals surface area (Å²) in [5, 5.41) is 8.42. The maximum atomic E-state index is 5.93. The highest BCUT2D eigenvalue weighted by Crippen LogP contribution is 2.29. The monoisotopic (exact) mass is 327 g/mol. The third kappa shape index (κ3) is 2.31. The lowest BCUT2D eigenvalue weighted by Crippen LogP contribution is -2.21. The molecule has 1 N–H and O–H groups in total. The molecule has 6 heteroatoms. The summed E-state index contributed by atoms with van der Waals surface area (Å²) >= 11 is 9.42. The van der Waals surface area contributed by atoms with Gasteiger partial charge in [-0.3, -0.25) is 5.32 Å². The van der Waals surface area contributed by atoms with Crippen molar-refractivity contribution in [3.05, 3.63) is 40.0 Å². The molecule has 0 bridgehead atoms. The van der Waals surface area contributed by atoms with Crippen molar-refractivity contribution in [1.82, 2.24) is 15.1 Å². The Hall–Kier alpha value is -0.880. The molecule has 1 aromatic carbocycles. The normalized spacial score (nSPS) is 19.3. The molecule has 1 saturated heterocycles. The lowest BCUT2D eigenvalue weighted by molar-refractivity contribution is 0.0345. The maximum absolute atomic E-state index is 5.93. The molecule has 1 fully saturated rings. The van der Waals surface area contributed by atoms with Crippen LogP contribution in [0.2, 0.25) is 5.02 Å². The standard InChI is InChI=1S/C12H11BrClN3O/c13-10-7-8(14)1-2-9(10)11-3-5-17(16-11)12-15-4-6-18-12/h1-3,5,7,12,15H,4,6H2. The summed E-state index contributed by atoms with van der Waals surface area (Å²) in [5.74, 6) is 0. The molecule has 1 aliphatic rings. The molecule has 1 aromatic heterocycles. The summed E-state index contributed by atoms with van der Waals surface area (Å²) in [6, 6.07) is 7.62. The molecular formula is C12H11BrClN3O. The van der Waals surface area contributed by atoms with Crippen LogP contribution >= 0.6 is 27.5 Å². The van der Waals surface area contributed by atoms with Crippen LogP contribution in [-0.2, 0) is 4.74 Å². The zero-order chi connectivity index (χ0) is 12.5. The highest BCUT2D eigenvalue weighted by Gasteiger charge is 2.17. The summed E-state index contributed by atoms with van der Waals surface area (Å²) in [7, 11) is 0. The minimum absolute atomic E-state index is 0.162. The van der Waals surface area contributed by atoms with E-state index in [0.717, 1.165) is 22.3 Å². The van der Waals surface area contributed by atoms with E-state index < -0.39 is 0 Å². The van der Waals surface area contributed by atoms with E-state index in [9.17, 15) is 0 Å². The van der Waals surface area contributed by atoms with Gasteiger partial charge in [0.1, 0.15) is 0 Å². The number of ether oxygens (including phenoxy) is 1. The first kappa shape index (κ1) is 12.2. The van der Waals surface area contributed by atoms with E-state index in [1.54, 1.807) is 4.68 Å². The molecule has 2 heterocycles. The molecule has 1 unspecified atom stereocenters. The molecule has 0 amide bonds. The Kier molecular flexibility index (Phi) is 3.39. The number of halogens is 2. The van der Waals surface area contributed by atoms with Crippen molar-refractivity contribution >= 4 is 27.5 Å². The van der Waals surface area contributed by atoms with Gasteiger partial charge in [-0.25, -0.2) is 4.68 Å². The molecule has 0 saturated carbocycles. The fourth-order valence-corrected chi connectivity index (χ4v) is 2.78. The number of aromatic nitrogens is 2. The van der Waals surface area contributed by atoms with Crippen LogP contribution in [-0.4, -0.2) is 22.9 Å². The van der Waals surface area contributed by atoms with Crippen LogP contribution in [0, 0.1) is 0 Å². The van der Waals surface area contributed by atoms with E-state index in [1.807, 2.05) is 30.5 Å². The Morgan fingerprint density at radius 2 is 2.33 bits per heavy atom. The molecule has 3 rings (SSSR count). The van der Waals surface area contributed by atoms with Gasteiger partial charge in [0.05, 0.1) is 12.3 Å². The maximum Gasteiger partial charge on any atom is 0.206 e. The van der Waals surface area contributed by atoms with Gasteiger partial charge in [0.2, 0.25) is 6.35 Å². The van der Waals surface area contributed by atoms with Crippen LogP contribution in [0.1, 0.15) is 6.35 Å². The van der Waals surface area contributed by atoms with Crippen molar-refractivity contribution in [3.63, 3.8) is 0 Å². The van der Waals surface area contributed by atoms with Crippen molar-refractivity contribution < 1.29 is 4.74 Å². The van der Waals surface area contributed by atoms with Crippen LogP contribution in [0.5, 0.6) is 0 Å². The topological polar surface area (TPSA) is 39.1 Å². The largest absolute Gasteiger partial charge is 0.342 e. The van der Waals surface area contributed by atoms with E-state index in [4.69, 9.17) is 16.3 Å². The fourth-order valence-electron chi connectivity index (χ4n) is 1.89. The van der Waals surface area contributed by atoms with Gasteiger partial charge >= 0.3 is 0 Å². The zero-order valence-electron chi connectivity index (χ0n) is 9.44. The smallest absolute Gasteiger partial charge is 0.206 e. The number of nitrogens with zero attached hydrogens (tertiary/aromatic N) is 2. The van der Waals surface area contributed by atoms with Gasteiger partial charge in [0.25, 0.3) is 0 Å². The predicted octanol–water partition coefficient (Wildman–Crippen LogP) is 3.04. The molecular weight excluding hydrogens is 318 g/mol. The summed E-state index contributed by atoms with van der Waals surface area (Å²) in [5.41, 5.74) is 1.90. The van der Waals surface area contributed by atoms with Crippen LogP contribution in [0.3, 0.4) is 0 Å². The predicted molar refractivity (Wildman–Crippen MR) is 73.4 cm³/mol. The van der Waals surface area contributed by atoms with Crippen molar-refractivity contribution in [2.45, 2.75) is 6.35 Å². The Balaban J connectivity index is 1.92. The molecule has 4 nitrogen and oxygen atoms in total. The first-order chi connectivity index (χ1) is 8.74. The Labute approximate surface area is 118 Å². The number of hydrogen-bond acceptors (Lipinski definition) is 3. The lowest BCUT2D eigenvalue weighted by Gasteiger charge is -2.09. The van der Waals surface area contributed by atoms with Crippen LogP contribution in [0.25, 0.3) is 11.3 Å². The van der Waals surface area contributed by atoms with E-state index in [1.165, 1.54) is 0 Å². The Morgan fingerprint density at radius 3 is 3.06 bits per heavy atom. The summed E-state index contributed by atoms with van der Waals surface area (Å²) in [6.07, 6.45) is 1.74. The summed E-state index contributed by atoms with van der Waals surface area (Å²) in [6.45, 7) is 1.56. The quantitative estimate of drug-likeness (QED) is 0.921. The van der Waals surface area contributed by atoms with E-state index in [0.29, 0.717) is 11.6 Å². The van der Waals surface area contributed by atoms with Gasteiger partial charge in [0, 0.05) is 27.8 Å². The second-order valence-corrected chi connectivity index (χ2v) is 5.27. The SMILES string of the molecule is Clc1ccc(-c2ccn(C3NCCO3)n2)c(Br)c1. The number of nitrogens with one attached hydrogen (secondary N) is 1. The molecule has 2 aromatic rings. The van der Waals surface area contributed by atoms with Crippen LogP contribution in [0.15, 0.2) is 34.9 Å². The molecule has 0 aliphatic carbocycles. The molecule has 94 valence electrons. The fraction of sp³-hybridized carbons (Fsp3) is 0.250. The van der Waals surface area contributed by atoms with Gasteiger partial charge in [-0.1, -0.05) is 33.6 Å². The van der Waals surface area contributed by atoms with E-state index >= 15 is 0 Å². The molecule has 1 atom stereocenters. The van der Waals surface area contributed by atoms with E-state index in [-0.39, 0.29) is 6.35 Å². The third-order valence-electron chi connectivity index (χ3n) is 2.75. The second kappa shape index (κ2) is 5.01. The number of benzene rings is 1. The van der Waals surface area contributed by atoms with Gasteiger partial charge < -0.3 is 4.74 Å². The first-order valence-electron chi connectivity index (χ1n) is 5.59. The first-order valence-corrected chi connectivity index (χ1v) is 6.77. The van der Waals surface area contributed by atoms with Gasteiger partial charge in [-0.05, 0) is 18.2 Å². The van der Waals surface area contributed by atoms with Crippen molar-refractivity contribution in [1.29, 1.82) is 0 Å². The van der Waals surface area contributed by atoms with Crippen molar-refractivity contribution in [2.24, 2.45) is 0 Å². The van der Waals surface area contributed by atoms with Crippen LogP contribution < -0.4 is 5.32 Å². The minimum atomic E-state index is -0.162. The zero-order valence-corrected chi connectivity index (χ0v) is 11.8. The van der Waals surface area contributed by atoms with Gasteiger partial charge in [-0.15, -0.1) is 0 Å². The second-order valence-electron chi connectivity index (χ2n) is 3.98. The van der Waals surface area contributed by atoms with Crippen molar-refractivity contribution in [3.8, 4) is 11.3 Å². The Bertz CT molecular complexity index is 566. The number of hydrogen-bond donors (Lipinski definition) is 1. The molecule has 0 radical (unpaired) electrons. The van der Waals surface area contributed by atoms with E-state index in [2.05, 4.69) is 26.3 Å². The van der Waals surface area contributed by atoms with Gasteiger partial charge in [-0.2, -0.15) is 5.10 Å². The third-order valence-corrected chi connectivity index (χ3v) is 3.64. The number of rotatable bonds is 2. The van der Waals surface area contributed by atoms with Crippen LogP contribution in [0.4, 0.5) is 0 Å².